The molecule has 2 aromatic rings. The minimum Gasteiger partial charge on any atom is -0.294 e. The Kier molecular flexibility index (Phi) is 3.29. The molecule has 4 rings (SSSR count). The Morgan fingerprint density at radius 2 is 1.86 bits per heavy atom. The number of halogens is 1. The van der Waals surface area contributed by atoms with E-state index in [-0.39, 0.29) is 0 Å². The highest BCUT2D eigenvalue weighted by atomic mass is 19.1. The Morgan fingerprint density at radius 3 is 2.50 bits per heavy atom. The fourth-order valence-electron chi connectivity index (χ4n) is 3.91. The van der Waals surface area contributed by atoms with Crippen molar-refractivity contribution in [1.82, 2.24) is 24.2 Å². The van der Waals surface area contributed by atoms with Crippen molar-refractivity contribution < 1.29 is 4.39 Å². The number of rotatable bonds is 3. The summed E-state index contributed by atoms with van der Waals surface area (Å²) in [4.78, 5) is 6.41. The molecule has 0 bridgehead atoms. The van der Waals surface area contributed by atoms with E-state index in [4.69, 9.17) is 0 Å². The van der Waals surface area contributed by atoms with E-state index < -0.39 is 5.67 Å². The first-order valence-electron chi connectivity index (χ1n) is 8.07. The van der Waals surface area contributed by atoms with E-state index in [0.29, 0.717) is 25.2 Å². The Balaban J connectivity index is 1.41. The van der Waals surface area contributed by atoms with E-state index >= 15 is 0 Å². The highest BCUT2D eigenvalue weighted by Crippen LogP contribution is 2.36. The summed E-state index contributed by atoms with van der Waals surface area (Å²) < 4.78 is 17.8. The molecule has 2 aromatic heterocycles. The van der Waals surface area contributed by atoms with E-state index in [1.165, 1.54) is 0 Å². The molecule has 0 N–H and O–H groups in total. The molecular weight excluding hydrogens is 281 g/mol. The first-order chi connectivity index (χ1) is 10.6. The average Bonchev–Trinajstić information content (AvgIpc) is 3.15. The van der Waals surface area contributed by atoms with Gasteiger partial charge in [0.05, 0.1) is 12.2 Å². The standard InChI is InChI=1S/C16H22FN5/c1-16(17)10-21(11-16)13-2-4-14(5-3-13)22-15(6-7-19-22)20-9-8-18-12-20/h6-9,12-14H,2-5,10-11H2,1H3. The van der Waals surface area contributed by atoms with Crippen LogP contribution in [0.25, 0.3) is 5.82 Å². The monoisotopic (exact) mass is 303 g/mol. The van der Waals surface area contributed by atoms with Gasteiger partial charge in [-0.25, -0.2) is 14.1 Å². The van der Waals surface area contributed by atoms with Crippen molar-refractivity contribution in [2.75, 3.05) is 13.1 Å². The van der Waals surface area contributed by atoms with Gasteiger partial charge in [0.1, 0.15) is 17.8 Å². The van der Waals surface area contributed by atoms with Crippen LogP contribution < -0.4 is 0 Å². The first kappa shape index (κ1) is 13.9. The van der Waals surface area contributed by atoms with Crippen LogP contribution in [0.15, 0.2) is 31.0 Å². The van der Waals surface area contributed by atoms with Crippen LogP contribution in [0.4, 0.5) is 4.39 Å². The molecule has 0 aromatic carbocycles. The Morgan fingerprint density at radius 1 is 1.14 bits per heavy atom. The van der Waals surface area contributed by atoms with Gasteiger partial charge in [0.15, 0.2) is 0 Å². The first-order valence-corrected chi connectivity index (χ1v) is 8.07. The maximum Gasteiger partial charge on any atom is 0.136 e. The summed E-state index contributed by atoms with van der Waals surface area (Å²) in [7, 11) is 0. The number of alkyl halides is 1. The quantitative estimate of drug-likeness (QED) is 0.875. The summed E-state index contributed by atoms with van der Waals surface area (Å²) in [6, 6.07) is 3.01. The highest BCUT2D eigenvalue weighted by molar-refractivity contribution is 5.21. The van der Waals surface area contributed by atoms with Crippen LogP contribution in [0, 0.1) is 0 Å². The van der Waals surface area contributed by atoms with Crippen molar-refractivity contribution in [3.05, 3.63) is 31.0 Å². The molecule has 3 heterocycles. The zero-order valence-corrected chi connectivity index (χ0v) is 12.9. The fraction of sp³-hybridized carbons (Fsp3) is 0.625. The molecule has 0 radical (unpaired) electrons. The lowest BCUT2D eigenvalue weighted by molar-refractivity contribution is -0.0552. The van der Waals surface area contributed by atoms with Crippen LogP contribution in [0.5, 0.6) is 0 Å². The third-order valence-electron chi connectivity index (χ3n) is 5.01. The number of aromatic nitrogens is 4. The lowest BCUT2D eigenvalue weighted by Gasteiger charge is -2.48. The summed E-state index contributed by atoms with van der Waals surface area (Å²) in [6.45, 7) is 2.91. The molecule has 0 amide bonds. The van der Waals surface area contributed by atoms with Gasteiger partial charge in [-0.05, 0) is 32.6 Å². The number of likely N-dealkylation sites (tertiary alicyclic amines) is 1. The second kappa shape index (κ2) is 5.19. The van der Waals surface area contributed by atoms with Crippen LogP contribution in [0.2, 0.25) is 0 Å². The van der Waals surface area contributed by atoms with Crippen molar-refractivity contribution in [2.24, 2.45) is 0 Å². The van der Waals surface area contributed by atoms with Gasteiger partial charge < -0.3 is 0 Å². The molecule has 118 valence electrons. The molecule has 22 heavy (non-hydrogen) atoms. The number of hydrogen-bond donors (Lipinski definition) is 0. The van der Waals surface area contributed by atoms with Crippen molar-refractivity contribution in [3.8, 4) is 5.82 Å². The number of hydrogen-bond acceptors (Lipinski definition) is 3. The van der Waals surface area contributed by atoms with Crippen molar-refractivity contribution in [3.63, 3.8) is 0 Å². The predicted octanol–water partition coefficient (Wildman–Crippen LogP) is 2.60. The maximum absolute atomic E-state index is 13.7. The van der Waals surface area contributed by atoms with Gasteiger partial charge in [-0.1, -0.05) is 0 Å². The van der Waals surface area contributed by atoms with Gasteiger partial charge >= 0.3 is 0 Å². The Labute approximate surface area is 129 Å². The number of imidazole rings is 1. The molecule has 1 aliphatic heterocycles. The van der Waals surface area contributed by atoms with Gasteiger partial charge in [0.25, 0.3) is 0 Å². The molecule has 0 unspecified atom stereocenters. The van der Waals surface area contributed by atoms with E-state index in [2.05, 4.69) is 19.7 Å². The summed E-state index contributed by atoms with van der Waals surface area (Å²) in [5.41, 5.74) is -0.965. The van der Waals surface area contributed by atoms with Crippen molar-refractivity contribution >= 4 is 0 Å². The number of nitrogens with zero attached hydrogens (tertiary/aromatic N) is 5. The zero-order chi connectivity index (χ0) is 15.2. The minimum atomic E-state index is -0.965. The molecule has 5 nitrogen and oxygen atoms in total. The molecule has 1 aliphatic carbocycles. The molecule has 2 aliphatic rings. The molecular formula is C16H22FN5. The lowest BCUT2D eigenvalue weighted by atomic mass is 9.86. The van der Waals surface area contributed by atoms with Crippen LogP contribution in [0.3, 0.4) is 0 Å². The van der Waals surface area contributed by atoms with Crippen LogP contribution in [-0.4, -0.2) is 49.0 Å². The minimum absolute atomic E-state index is 0.432. The van der Waals surface area contributed by atoms with E-state index in [0.717, 1.165) is 31.5 Å². The van der Waals surface area contributed by atoms with Crippen molar-refractivity contribution in [1.29, 1.82) is 0 Å². The van der Waals surface area contributed by atoms with Crippen LogP contribution in [-0.2, 0) is 0 Å². The highest BCUT2D eigenvalue weighted by Gasteiger charge is 2.43. The Bertz CT molecular complexity index is 617. The smallest absolute Gasteiger partial charge is 0.136 e. The second-order valence-electron chi connectivity index (χ2n) is 6.88. The Hall–Kier alpha value is -1.69. The normalized spacial score (nSPS) is 28.5. The predicted molar refractivity (Wildman–Crippen MR) is 81.7 cm³/mol. The SMILES string of the molecule is CC1(F)CN(C2CCC(n3nccc3-n3ccnc3)CC2)C1. The topological polar surface area (TPSA) is 38.9 Å². The fourth-order valence-corrected chi connectivity index (χ4v) is 3.91. The molecule has 2 fully saturated rings. The summed E-state index contributed by atoms with van der Waals surface area (Å²) >= 11 is 0. The van der Waals surface area contributed by atoms with E-state index in [1.807, 2.05) is 23.0 Å². The summed E-state index contributed by atoms with van der Waals surface area (Å²) in [6.07, 6.45) is 11.9. The van der Waals surface area contributed by atoms with Crippen molar-refractivity contribution in [2.45, 2.75) is 50.4 Å². The maximum atomic E-state index is 13.7. The summed E-state index contributed by atoms with van der Waals surface area (Å²) in [5, 5.41) is 4.52. The van der Waals surface area contributed by atoms with Crippen LogP contribution >= 0.6 is 0 Å². The van der Waals surface area contributed by atoms with Gasteiger partial charge in [0.2, 0.25) is 0 Å². The van der Waals surface area contributed by atoms with Gasteiger partial charge in [-0.2, -0.15) is 5.10 Å². The largest absolute Gasteiger partial charge is 0.294 e. The molecule has 0 atom stereocenters. The summed E-state index contributed by atoms with van der Waals surface area (Å²) in [5.74, 6) is 1.07. The molecule has 0 spiro atoms. The van der Waals surface area contributed by atoms with Gasteiger partial charge in [0, 0.05) is 37.6 Å². The lowest BCUT2D eigenvalue weighted by Crippen LogP contribution is -2.61. The third kappa shape index (κ3) is 2.45. The van der Waals surface area contributed by atoms with E-state index in [1.54, 1.807) is 19.4 Å². The molecule has 6 heteroatoms. The average molecular weight is 303 g/mol. The second-order valence-corrected chi connectivity index (χ2v) is 6.88. The van der Waals surface area contributed by atoms with Crippen LogP contribution in [0.1, 0.15) is 38.6 Å². The molecule has 1 saturated heterocycles. The molecule has 1 saturated carbocycles. The third-order valence-corrected chi connectivity index (χ3v) is 5.01. The van der Waals surface area contributed by atoms with E-state index in [9.17, 15) is 4.39 Å². The van der Waals surface area contributed by atoms with Gasteiger partial charge in [-0.15, -0.1) is 0 Å². The zero-order valence-electron chi connectivity index (χ0n) is 12.9. The van der Waals surface area contributed by atoms with Gasteiger partial charge in [-0.3, -0.25) is 9.47 Å².